The van der Waals surface area contributed by atoms with Gasteiger partial charge in [0.2, 0.25) is 0 Å². The summed E-state index contributed by atoms with van der Waals surface area (Å²) in [4.78, 5) is 14.4. The number of hydrogen-bond donors (Lipinski definition) is 2. The first-order valence-electron chi connectivity index (χ1n) is 41.2. The molecule has 3 N–H and O–H groups in total. The molecule has 0 spiro atoms. The number of aromatic amines is 1. The SMILES string of the molecule is C=C=C=C=C=C=C=C=C=C=C=C=C=C=C=C=C=C=C=C=C=C=C=C=C=C=C=C=C=C=C=C=C=C=C=C=C=C=C=C=C=C=C=C=C=C=C=C=C=C=C=C=C=C=C=C.CCOC(=O)c1cc2c3c(ccc2[nH]1)OC(F)(F)O3.Nc1ccc2c(c1Br)OC(F)(F)O2.[B]B([B])B([B])B(B([B])[B])B(B(B(B([B])[B])B([B])[B])B(B([B])[B])B([B])[B])B(B(B(B([B])[B])B([B])[B])B(B([B])[B])B([B])[B])B(B(B([B])[B])B([B])[B])B(B([B])[B])B([B])[B]. The van der Waals surface area contributed by atoms with Gasteiger partial charge in [-0.1, -0.05) is 11.5 Å². The second-order valence-electron chi connectivity index (χ2n) is 28.8. The lowest BCUT2D eigenvalue weighted by atomic mass is 8.23. The molecule has 0 amide bonds. The largest absolute Gasteiger partial charge is 0.586 e. The zero-order chi connectivity index (χ0) is 108. The normalized spacial score (nSPS) is 8.96. The van der Waals surface area contributed by atoms with Crippen molar-refractivity contribution in [3.8, 4) is 23.0 Å². The van der Waals surface area contributed by atoms with Crippen LogP contribution in [0.2, 0.25) is 0 Å². The lowest BCUT2D eigenvalue weighted by molar-refractivity contribution is -0.287. The van der Waals surface area contributed by atoms with Crippen LogP contribution in [0.1, 0.15) is 17.4 Å². The van der Waals surface area contributed by atoms with Gasteiger partial charge < -0.3 is 34.4 Å². The molecule has 0 fully saturated rings. The second-order valence-corrected chi connectivity index (χ2v) is 29.6. The van der Waals surface area contributed by atoms with Gasteiger partial charge >= 0.3 is 18.6 Å². The van der Waals surface area contributed by atoms with Crippen LogP contribution in [-0.4, -0.2) is 427 Å². The monoisotopic (exact) mass is 1810 g/mol. The topological polar surface area (TPSA) is 105 Å². The van der Waals surface area contributed by atoms with Crippen molar-refractivity contribution in [1.82, 2.24) is 4.98 Å². The molecular formula is C75H17B56BrF4N2O6. The second kappa shape index (κ2) is 70.8. The van der Waals surface area contributed by atoms with Gasteiger partial charge in [0.05, 0.1) is 16.6 Å². The maximum Gasteiger partial charge on any atom is 0.586 e. The molecule has 0 saturated carbocycles. The average molecular weight is 1800 g/mol. The van der Waals surface area contributed by atoms with E-state index in [9.17, 15) is 22.4 Å². The van der Waals surface area contributed by atoms with Crippen molar-refractivity contribution in [1.29, 1.82) is 0 Å². The summed E-state index contributed by atoms with van der Waals surface area (Å²) in [6, 6.07) is 7.06. The number of halogens is 5. The highest BCUT2D eigenvalue weighted by Gasteiger charge is 2.62. The molecule has 0 bridgehead atoms. The van der Waals surface area contributed by atoms with E-state index in [0.717, 1.165) is 0 Å². The number of carbonyl (C=O) groups excluding carboxylic acids is 1. The smallest absolute Gasteiger partial charge is 0.461 e. The van der Waals surface area contributed by atoms with Crippen molar-refractivity contribution in [2.75, 3.05) is 12.3 Å². The minimum atomic E-state index is -3.68. The van der Waals surface area contributed by atoms with E-state index in [-0.39, 0.29) is 39.8 Å². The summed E-state index contributed by atoms with van der Waals surface area (Å²) in [7, 11) is 189. The molecule has 1 aromatic heterocycles. The molecule has 0 atom stereocenters. The van der Waals surface area contributed by atoms with Gasteiger partial charge in [-0.05, 0) is 158 Å². The number of hydrogen-bond acceptors (Lipinski definition) is 7. The Balaban J connectivity index is 0.000000737. The van der Waals surface area contributed by atoms with Gasteiger partial charge in [-0.3, -0.25) is 0 Å². The standard InChI is InChI=1S/C56H4.C12H9F2NO4.C7H4BrF2NO2.B56/c1-3-5-7-9-11-13-15-17-19-21-23-25-27-29-31-33-35-37-39-41-43-45-47-49-51-53-55-56-54-52-50-48-46-44-42-40-38-36-34-32-30-28-26-24-22-20-18-16-14-12-10-8-6-4-2;1-2-17-11(16)8-5-6-7(15-8)3-4-9-10(6)19-12(13,14)18-9;8-5-3(11)1-2-4-6(5)13-7(9,10)12-4;1-30(2)44(29)51(43(27)28)55(52(45(31(3)4)32(5)6)46(33(7)8)34(9)10)56(53(47(35(11)12)36(13)14)48(37(15)16)38(17)18)54(49(39(19)20)40(21)22)50(41(23)24)42(25)26/h1-2H2;3-5,15H,2H2,1H3;1-2H,11H2;. The van der Waals surface area contributed by atoms with Crippen LogP contribution in [0, 0.1) is 0 Å². The maximum absolute atomic E-state index is 13.0. The van der Waals surface area contributed by atoms with E-state index < -0.39 is 191 Å². The van der Waals surface area contributed by atoms with Gasteiger partial charge in [0, 0.05) is 614 Å². The number of alkyl halides is 4. The summed E-state index contributed by atoms with van der Waals surface area (Å²) in [5, 5.41) is 0.345. The van der Waals surface area contributed by atoms with E-state index in [1.165, 1.54) is 30.3 Å². The first-order valence-corrected chi connectivity index (χ1v) is 42.0. The number of rotatable bonds is 28. The Morgan fingerprint density at radius 1 is 0.306 bits per heavy atom. The number of ether oxygens (including phenoxy) is 5. The van der Waals surface area contributed by atoms with Gasteiger partial charge in [0.1, 0.15) is 5.69 Å². The van der Waals surface area contributed by atoms with Crippen molar-refractivity contribution in [2.24, 2.45) is 0 Å². The number of esters is 1. The number of nitrogens with two attached hydrogens (primary N) is 1. The minimum absolute atomic E-state index is 0.0222. The first-order chi connectivity index (χ1) is 68.3. The maximum atomic E-state index is 13.0. The average Bonchev–Trinajstić information content (AvgIpc) is 1.07. The molecule has 58 radical (unpaired) electrons. The van der Waals surface area contributed by atoms with Crippen LogP contribution in [0.15, 0.2) is 357 Å². The van der Waals surface area contributed by atoms with Crippen LogP contribution >= 0.6 is 15.9 Å². The molecular weight excluding hydrogens is 1790 g/mol. The van der Waals surface area contributed by atoms with Crippen LogP contribution in [-0.2, 0) is 4.74 Å². The highest BCUT2D eigenvalue weighted by Crippen LogP contribution is 2.48. The van der Waals surface area contributed by atoms with Crippen molar-refractivity contribution >= 4 is 435 Å². The first kappa shape index (κ1) is 128. The number of fused-ring (bicyclic) bond motifs is 4. The van der Waals surface area contributed by atoms with Crippen LogP contribution in [0.5, 0.6) is 23.0 Å². The number of nitrogen functional groups attached to an aromatic ring is 1. The molecule has 5 rings (SSSR count). The van der Waals surface area contributed by atoms with E-state index in [0.29, 0.717) is 16.6 Å². The summed E-state index contributed by atoms with van der Waals surface area (Å²) in [5.41, 5.74) is 141. The predicted octanol–water partition coefficient (Wildman–Crippen LogP) is -7.13. The third-order valence-electron chi connectivity index (χ3n) is 19.1. The van der Waals surface area contributed by atoms with E-state index >= 15 is 0 Å². The molecule has 69 heteroatoms. The van der Waals surface area contributed by atoms with Gasteiger partial charge in [-0.25, -0.2) is 4.79 Å². The molecule has 8 nitrogen and oxygen atoms in total. The Kier molecular flexibility index (Phi) is 63.0. The Labute approximate surface area is 896 Å². The molecule has 2 aliphatic heterocycles. The van der Waals surface area contributed by atoms with E-state index in [1.54, 1.807) is 6.92 Å². The molecule has 3 heterocycles. The fraction of sp³-hybridized carbons (Fsp3) is 0.0533. The Hall–Kier alpha value is -11.9. The molecule has 2 aliphatic rings. The van der Waals surface area contributed by atoms with E-state index in [1.807, 2.05) is 0 Å². The molecule has 0 saturated heterocycles. The lowest BCUT2D eigenvalue weighted by Gasteiger charge is -2.58. The van der Waals surface area contributed by atoms with Crippen molar-refractivity contribution in [3.63, 3.8) is 0 Å². The molecule has 3 aromatic rings. The quantitative estimate of drug-likeness (QED) is 0.0245. The highest BCUT2D eigenvalue weighted by atomic mass is 79.9. The molecule has 2 aromatic carbocycles. The van der Waals surface area contributed by atoms with Gasteiger partial charge in [-0.15, -0.1) is 17.6 Å². The molecule has 566 valence electrons. The van der Waals surface area contributed by atoms with Crippen molar-refractivity contribution in [3.05, 3.63) is 363 Å². The van der Waals surface area contributed by atoms with Crippen LogP contribution in [0.25, 0.3) is 10.9 Å². The number of aromatic nitrogens is 1. The van der Waals surface area contributed by atoms with E-state index in [2.05, 4.69) is 363 Å². The third kappa shape index (κ3) is 47.3. The molecule has 144 heavy (non-hydrogen) atoms. The fourth-order valence-corrected chi connectivity index (χ4v) is 14.5. The Morgan fingerprint density at radius 2 is 0.500 bits per heavy atom. The molecule has 0 aliphatic carbocycles. The van der Waals surface area contributed by atoms with Gasteiger partial charge in [0.25, 0.3) is 0 Å². The molecule has 0 unspecified atom stereocenters. The zero-order valence-electron chi connectivity index (χ0n) is 76.8. The third-order valence-corrected chi connectivity index (χ3v) is 19.9. The fourth-order valence-electron chi connectivity index (χ4n) is 14.1. The number of H-pyrrole nitrogens is 1. The summed E-state index contributed by atoms with van der Waals surface area (Å²) in [6.07, 6.45) is -44.4. The summed E-state index contributed by atoms with van der Waals surface area (Å²) < 4.78 is 73.4. The Bertz CT molecular complexity index is 7110. The van der Waals surface area contributed by atoms with Gasteiger partial charge in [0.15, 0.2) is 23.0 Å². The van der Waals surface area contributed by atoms with Gasteiger partial charge in [-0.2, -0.15) is 0 Å². The number of anilines is 1. The van der Waals surface area contributed by atoms with Crippen LogP contribution in [0.3, 0.4) is 0 Å². The van der Waals surface area contributed by atoms with Crippen LogP contribution < -0.4 is 24.7 Å². The highest BCUT2D eigenvalue weighted by molar-refractivity contribution is 9.10. The lowest BCUT2D eigenvalue weighted by Crippen LogP contribution is -2.96. The summed E-state index contributed by atoms with van der Waals surface area (Å²) in [5.74, 6) is -0.796. The number of nitrogens with one attached hydrogen (secondary N) is 1. The zero-order valence-corrected chi connectivity index (χ0v) is 78.3. The number of benzene rings is 2. The number of carbonyl (C=O) groups is 1. The Morgan fingerprint density at radius 3 is 0.708 bits per heavy atom. The summed E-state index contributed by atoms with van der Waals surface area (Å²) in [6.45, 7) is 8.53. The summed E-state index contributed by atoms with van der Waals surface area (Å²) >= 11 is 3.02. The predicted molar refractivity (Wildman–Crippen MR) is 628 cm³/mol. The minimum Gasteiger partial charge on any atom is -0.461 e. The van der Waals surface area contributed by atoms with Crippen molar-refractivity contribution < 1.29 is 46.0 Å². The van der Waals surface area contributed by atoms with Crippen molar-refractivity contribution in [2.45, 2.75) is 19.5 Å². The van der Waals surface area contributed by atoms with Crippen LogP contribution in [0.4, 0.5) is 23.2 Å². The van der Waals surface area contributed by atoms with E-state index in [4.69, 9.17) is 235 Å².